The van der Waals surface area contributed by atoms with Crippen molar-refractivity contribution in [2.45, 2.75) is 44.5 Å². The fourth-order valence-corrected chi connectivity index (χ4v) is 3.32. The molecule has 1 N–H and O–H groups in total. The summed E-state index contributed by atoms with van der Waals surface area (Å²) in [6.45, 7) is 6.44. The number of carbonyl (C=O) groups is 1. The van der Waals surface area contributed by atoms with Crippen LogP contribution in [0, 0.1) is 0 Å². The molecule has 23 heavy (non-hydrogen) atoms. The quantitative estimate of drug-likeness (QED) is 0.899. The van der Waals surface area contributed by atoms with Gasteiger partial charge in [0.15, 0.2) is 0 Å². The standard InChI is InChI=1S/C16H24N4O3/c1-12-10-20(11-16(23-12)4-8-22-13(16)2)15(21)19-5-3-14-9-17-6-7-18-14/h6-7,9,12-13H,3-5,8,10-11H2,1-2H3,(H,19,21). The Morgan fingerprint density at radius 2 is 2.35 bits per heavy atom. The smallest absolute Gasteiger partial charge is 0.317 e. The molecule has 3 unspecified atom stereocenters. The van der Waals surface area contributed by atoms with E-state index in [1.165, 1.54) is 0 Å². The normalized spacial score (nSPS) is 30.6. The van der Waals surface area contributed by atoms with E-state index in [2.05, 4.69) is 15.3 Å². The second-order valence-electron chi connectivity index (χ2n) is 6.32. The lowest BCUT2D eigenvalue weighted by molar-refractivity contribution is -0.159. The van der Waals surface area contributed by atoms with Crippen LogP contribution in [0.1, 0.15) is 26.0 Å². The van der Waals surface area contributed by atoms with Gasteiger partial charge in [-0.3, -0.25) is 9.97 Å². The predicted molar refractivity (Wildman–Crippen MR) is 84.0 cm³/mol. The summed E-state index contributed by atoms with van der Waals surface area (Å²) in [4.78, 5) is 22.5. The van der Waals surface area contributed by atoms with E-state index in [4.69, 9.17) is 9.47 Å². The fourth-order valence-electron chi connectivity index (χ4n) is 3.32. The molecule has 1 spiro atoms. The molecular weight excluding hydrogens is 296 g/mol. The third kappa shape index (κ3) is 3.61. The minimum atomic E-state index is -0.361. The fraction of sp³-hybridized carbons (Fsp3) is 0.688. The molecule has 7 heteroatoms. The van der Waals surface area contributed by atoms with Crippen LogP contribution < -0.4 is 5.32 Å². The molecule has 2 saturated heterocycles. The molecule has 2 aliphatic heterocycles. The van der Waals surface area contributed by atoms with Crippen molar-refractivity contribution in [3.05, 3.63) is 24.3 Å². The summed E-state index contributed by atoms with van der Waals surface area (Å²) in [6, 6.07) is -0.0532. The summed E-state index contributed by atoms with van der Waals surface area (Å²) < 4.78 is 11.8. The monoisotopic (exact) mass is 320 g/mol. The Bertz CT molecular complexity index is 541. The Labute approximate surface area is 136 Å². The van der Waals surface area contributed by atoms with Gasteiger partial charge < -0.3 is 19.7 Å². The second kappa shape index (κ2) is 6.80. The Morgan fingerprint density at radius 3 is 3.04 bits per heavy atom. The lowest BCUT2D eigenvalue weighted by atomic mass is 9.93. The third-order valence-electron chi connectivity index (χ3n) is 4.57. The SMILES string of the molecule is CC1CN(C(=O)NCCc2cnccn2)CC2(CCOC2C)O1. The number of urea groups is 1. The summed E-state index contributed by atoms with van der Waals surface area (Å²) in [6.07, 6.45) is 6.55. The first-order chi connectivity index (χ1) is 11.1. The number of hydrogen-bond acceptors (Lipinski definition) is 5. The maximum absolute atomic E-state index is 12.5. The summed E-state index contributed by atoms with van der Waals surface area (Å²) in [5.74, 6) is 0. The Hall–Kier alpha value is -1.73. The number of hydrogen-bond donors (Lipinski definition) is 1. The van der Waals surface area contributed by atoms with E-state index in [1.54, 1.807) is 18.6 Å². The summed E-state index contributed by atoms with van der Waals surface area (Å²) in [7, 11) is 0. The average molecular weight is 320 g/mol. The second-order valence-corrected chi connectivity index (χ2v) is 6.32. The largest absolute Gasteiger partial charge is 0.375 e. The highest BCUT2D eigenvalue weighted by Gasteiger charge is 2.48. The van der Waals surface area contributed by atoms with Gasteiger partial charge in [0.1, 0.15) is 5.60 Å². The molecule has 2 fully saturated rings. The molecule has 2 amide bonds. The van der Waals surface area contributed by atoms with Gasteiger partial charge in [0.05, 0.1) is 24.4 Å². The molecule has 0 aliphatic carbocycles. The highest BCUT2D eigenvalue weighted by molar-refractivity contribution is 5.74. The Kier molecular flexibility index (Phi) is 4.77. The zero-order valence-electron chi connectivity index (χ0n) is 13.7. The molecule has 126 valence electrons. The molecule has 0 bridgehead atoms. The van der Waals surface area contributed by atoms with E-state index in [-0.39, 0.29) is 23.8 Å². The molecule has 3 atom stereocenters. The van der Waals surface area contributed by atoms with E-state index >= 15 is 0 Å². The Morgan fingerprint density at radius 1 is 1.48 bits per heavy atom. The topological polar surface area (TPSA) is 76.6 Å². The van der Waals surface area contributed by atoms with Crippen molar-refractivity contribution in [3.63, 3.8) is 0 Å². The van der Waals surface area contributed by atoms with Crippen LogP contribution in [0.2, 0.25) is 0 Å². The summed E-state index contributed by atoms with van der Waals surface area (Å²) in [5, 5.41) is 2.97. The van der Waals surface area contributed by atoms with Crippen LogP contribution in [0.5, 0.6) is 0 Å². The number of aromatic nitrogens is 2. The molecule has 1 aromatic rings. The molecule has 7 nitrogen and oxygen atoms in total. The number of morpholine rings is 1. The van der Waals surface area contributed by atoms with Crippen molar-refractivity contribution in [1.82, 2.24) is 20.2 Å². The number of nitrogens with zero attached hydrogens (tertiary/aromatic N) is 3. The van der Waals surface area contributed by atoms with Crippen molar-refractivity contribution in [3.8, 4) is 0 Å². The molecule has 3 rings (SSSR count). The first-order valence-corrected chi connectivity index (χ1v) is 8.16. The van der Waals surface area contributed by atoms with Crippen molar-refractivity contribution < 1.29 is 14.3 Å². The van der Waals surface area contributed by atoms with E-state index in [0.29, 0.717) is 32.7 Å². The highest BCUT2D eigenvalue weighted by Crippen LogP contribution is 2.34. The molecule has 0 radical (unpaired) electrons. The maximum atomic E-state index is 12.5. The van der Waals surface area contributed by atoms with Gasteiger partial charge in [0, 0.05) is 51.1 Å². The van der Waals surface area contributed by atoms with Gasteiger partial charge >= 0.3 is 6.03 Å². The van der Waals surface area contributed by atoms with Gasteiger partial charge in [0.25, 0.3) is 0 Å². The molecule has 1 aromatic heterocycles. The van der Waals surface area contributed by atoms with Crippen LogP contribution in [0.4, 0.5) is 4.79 Å². The van der Waals surface area contributed by atoms with Gasteiger partial charge in [0.2, 0.25) is 0 Å². The van der Waals surface area contributed by atoms with Crippen molar-refractivity contribution >= 4 is 6.03 Å². The number of rotatable bonds is 3. The summed E-state index contributed by atoms with van der Waals surface area (Å²) in [5.41, 5.74) is 0.511. The molecule has 2 aliphatic rings. The van der Waals surface area contributed by atoms with Crippen LogP contribution in [0.15, 0.2) is 18.6 Å². The van der Waals surface area contributed by atoms with E-state index in [9.17, 15) is 4.79 Å². The van der Waals surface area contributed by atoms with Gasteiger partial charge in [-0.1, -0.05) is 0 Å². The van der Waals surface area contributed by atoms with Gasteiger partial charge in [-0.15, -0.1) is 0 Å². The minimum Gasteiger partial charge on any atom is -0.375 e. The highest BCUT2D eigenvalue weighted by atomic mass is 16.6. The molecular formula is C16H24N4O3. The van der Waals surface area contributed by atoms with Crippen molar-refractivity contribution in [1.29, 1.82) is 0 Å². The zero-order chi connectivity index (χ0) is 16.3. The van der Waals surface area contributed by atoms with Crippen molar-refractivity contribution in [2.75, 3.05) is 26.2 Å². The predicted octanol–water partition coefficient (Wildman–Crippen LogP) is 0.997. The molecule has 3 heterocycles. The minimum absolute atomic E-state index is 0.0126. The van der Waals surface area contributed by atoms with E-state index in [1.807, 2.05) is 18.7 Å². The van der Waals surface area contributed by atoms with Crippen LogP contribution in [0.3, 0.4) is 0 Å². The first kappa shape index (κ1) is 16.1. The Balaban J connectivity index is 1.54. The van der Waals surface area contributed by atoms with Gasteiger partial charge in [-0.25, -0.2) is 4.79 Å². The van der Waals surface area contributed by atoms with Gasteiger partial charge in [-0.2, -0.15) is 0 Å². The van der Waals surface area contributed by atoms with Gasteiger partial charge in [-0.05, 0) is 13.8 Å². The number of carbonyl (C=O) groups excluding carboxylic acids is 1. The molecule has 0 saturated carbocycles. The molecule has 0 aromatic carbocycles. The zero-order valence-corrected chi connectivity index (χ0v) is 13.7. The van der Waals surface area contributed by atoms with Crippen LogP contribution in [0.25, 0.3) is 0 Å². The summed E-state index contributed by atoms with van der Waals surface area (Å²) >= 11 is 0. The number of nitrogens with one attached hydrogen (secondary N) is 1. The first-order valence-electron chi connectivity index (χ1n) is 8.16. The van der Waals surface area contributed by atoms with Crippen LogP contribution >= 0.6 is 0 Å². The van der Waals surface area contributed by atoms with Crippen LogP contribution in [-0.2, 0) is 15.9 Å². The lowest BCUT2D eigenvalue weighted by Crippen LogP contribution is -2.61. The average Bonchev–Trinajstić information content (AvgIpc) is 2.87. The number of ether oxygens (including phenoxy) is 2. The van der Waals surface area contributed by atoms with Crippen LogP contribution in [-0.4, -0.2) is 64.9 Å². The van der Waals surface area contributed by atoms with E-state index < -0.39 is 0 Å². The number of amides is 2. The van der Waals surface area contributed by atoms with Crippen molar-refractivity contribution in [2.24, 2.45) is 0 Å². The van der Waals surface area contributed by atoms with E-state index in [0.717, 1.165) is 12.1 Å². The third-order valence-corrected chi connectivity index (χ3v) is 4.57. The lowest BCUT2D eigenvalue weighted by Gasteiger charge is -2.44. The maximum Gasteiger partial charge on any atom is 0.317 e.